The van der Waals surface area contributed by atoms with Gasteiger partial charge in [-0.25, -0.2) is 9.59 Å². The zero-order chi connectivity index (χ0) is 22.4. The Morgan fingerprint density at radius 3 is 1.87 bits per heavy atom. The van der Waals surface area contributed by atoms with Crippen LogP contribution in [0.5, 0.6) is 11.5 Å². The number of carbonyl (C=O) groups excluding carboxylic acids is 2. The molecule has 162 valence electrons. The van der Waals surface area contributed by atoms with E-state index in [2.05, 4.69) is 4.74 Å². The van der Waals surface area contributed by atoms with Crippen LogP contribution in [-0.2, 0) is 19.1 Å². The van der Waals surface area contributed by atoms with Gasteiger partial charge < -0.3 is 24.7 Å². The molecule has 0 aliphatic carbocycles. The Hall–Kier alpha value is -3.82. The maximum Gasteiger partial charge on any atom is 0.344 e. The molecule has 2 aromatic rings. The van der Waals surface area contributed by atoms with Crippen molar-refractivity contribution in [3.8, 4) is 11.5 Å². The summed E-state index contributed by atoms with van der Waals surface area (Å²) in [6.45, 7) is 3.73. The van der Waals surface area contributed by atoms with Gasteiger partial charge in [0.05, 0.1) is 24.2 Å². The zero-order valence-electron chi connectivity index (χ0n) is 16.7. The van der Waals surface area contributed by atoms with E-state index in [4.69, 9.17) is 19.9 Å². The van der Waals surface area contributed by atoms with Crippen molar-refractivity contribution in [1.82, 2.24) is 0 Å². The fourth-order valence-electron chi connectivity index (χ4n) is 1.98. The fraction of sp³-hybridized carbons (Fsp3) is 0.300. The number of benzene rings is 2. The number of nitro groups is 1. The van der Waals surface area contributed by atoms with Crippen molar-refractivity contribution in [3.05, 3.63) is 58.6 Å². The summed E-state index contributed by atoms with van der Waals surface area (Å²) >= 11 is 0. The number of hydrogen-bond donors (Lipinski definition) is 1. The smallest absolute Gasteiger partial charge is 0.344 e. The molecule has 0 aliphatic rings. The van der Waals surface area contributed by atoms with Crippen LogP contribution in [0.4, 0.5) is 11.4 Å². The van der Waals surface area contributed by atoms with E-state index in [9.17, 15) is 19.7 Å². The number of nitro benzene ring substituents is 1. The van der Waals surface area contributed by atoms with Crippen molar-refractivity contribution >= 4 is 23.3 Å². The molecular formula is C20H24N2O8. The minimum atomic E-state index is -0.531. The normalized spacial score (nSPS) is 9.53. The highest BCUT2D eigenvalue weighted by molar-refractivity contribution is 5.71. The molecule has 0 fully saturated rings. The van der Waals surface area contributed by atoms with Gasteiger partial charge in [0.2, 0.25) is 0 Å². The SMILES string of the molecule is CCOC(=O)COc1cccc(N)c1.CCOC(=O)COc1cccc([N+](=O)[O-])c1. The minimum Gasteiger partial charge on any atom is -0.482 e. The Morgan fingerprint density at radius 1 is 0.900 bits per heavy atom. The van der Waals surface area contributed by atoms with Crippen LogP contribution in [0.3, 0.4) is 0 Å². The topological polar surface area (TPSA) is 140 Å². The second-order valence-corrected chi connectivity index (χ2v) is 5.51. The van der Waals surface area contributed by atoms with Crippen molar-refractivity contribution in [2.24, 2.45) is 0 Å². The third kappa shape index (κ3) is 9.93. The number of esters is 2. The number of hydrogen-bond acceptors (Lipinski definition) is 9. The first-order chi connectivity index (χ1) is 14.3. The van der Waals surface area contributed by atoms with Crippen molar-refractivity contribution in [1.29, 1.82) is 0 Å². The summed E-state index contributed by atoms with van der Waals surface area (Å²) in [5.41, 5.74) is 6.05. The molecule has 0 spiro atoms. The predicted molar refractivity (Wildman–Crippen MR) is 108 cm³/mol. The van der Waals surface area contributed by atoms with Gasteiger partial charge >= 0.3 is 11.9 Å². The number of nitrogens with two attached hydrogens (primary N) is 1. The van der Waals surface area contributed by atoms with E-state index in [1.807, 2.05) is 0 Å². The molecule has 10 heteroatoms. The van der Waals surface area contributed by atoms with Gasteiger partial charge in [-0.2, -0.15) is 0 Å². The summed E-state index contributed by atoms with van der Waals surface area (Å²) in [7, 11) is 0. The van der Waals surface area contributed by atoms with Crippen LogP contribution in [0.1, 0.15) is 13.8 Å². The lowest BCUT2D eigenvalue weighted by atomic mass is 10.3. The van der Waals surface area contributed by atoms with Crippen LogP contribution in [-0.4, -0.2) is 43.3 Å². The number of non-ortho nitro benzene ring substituents is 1. The van der Waals surface area contributed by atoms with E-state index in [-0.39, 0.29) is 37.2 Å². The van der Waals surface area contributed by atoms with E-state index < -0.39 is 10.9 Å². The Bertz CT molecular complexity index is 841. The summed E-state index contributed by atoms with van der Waals surface area (Å²) in [5, 5.41) is 10.5. The second-order valence-electron chi connectivity index (χ2n) is 5.51. The standard InChI is InChI=1S/C10H11NO5.C10H13NO3/c1-2-15-10(12)7-16-9-5-3-4-8(6-9)11(13)14;1-2-13-10(12)7-14-9-5-3-4-8(11)6-9/h3-6H,2,7H2,1H3;3-6H,2,7,11H2,1H3. The molecule has 0 unspecified atom stereocenters. The highest BCUT2D eigenvalue weighted by Gasteiger charge is 2.08. The summed E-state index contributed by atoms with van der Waals surface area (Å²) in [6, 6.07) is 12.5. The largest absolute Gasteiger partial charge is 0.482 e. The molecule has 0 amide bonds. The van der Waals surface area contributed by atoms with Crippen LogP contribution in [0.2, 0.25) is 0 Å². The van der Waals surface area contributed by atoms with Crippen molar-refractivity contribution in [2.45, 2.75) is 13.8 Å². The van der Waals surface area contributed by atoms with Crippen LogP contribution in [0.15, 0.2) is 48.5 Å². The molecule has 0 radical (unpaired) electrons. The molecule has 30 heavy (non-hydrogen) atoms. The van der Waals surface area contributed by atoms with Gasteiger partial charge in [-0.05, 0) is 32.0 Å². The van der Waals surface area contributed by atoms with Crippen LogP contribution >= 0.6 is 0 Å². The first-order valence-corrected chi connectivity index (χ1v) is 9.02. The molecule has 0 aromatic heterocycles. The molecule has 0 saturated heterocycles. The maximum absolute atomic E-state index is 11.0. The monoisotopic (exact) mass is 420 g/mol. The lowest BCUT2D eigenvalue weighted by molar-refractivity contribution is -0.384. The second kappa shape index (κ2) is 13.4. The number of ether oxygens (including phenoxy) is 4. The number of carbonyl (C=O) groups is 2. The van der Waals surface area contributed by atoms with E-state index in [1.54, 1.807) is 38.1 Å². The van der Waals surface area contributed by atoms with E-state index >= 15 is 0 Å². The Balaban J connectivity index is 0.000000303. The summed E-state index contributed by atoms with van der Waals surface area (Å²) in [4.78, 5) is 31.8. The van der Waals surface area contributed by atoms with Gasteiger partial charge in [-0.1, -0.05) is 12.1 Å². The van der Waals surface area contributed by atoms with Crippen molar-refractivity contribution in [2.75, 3.05) is 32.2 Å². The summed E-state index contributed by atoms with van der Waals surface area (Å²) in [5.74, 6) is -0.0516. The molecule has 2 aromatic carbocycles. The summed E-state index contributed by atoms with van der Waals surface area (Å²) < 4.78 is 19.5. The Kier molecular flexibility index (Phi) is 10.8. The van der Waals surface area contributed by atoms with Gasteiger partial charge in [0.15, 0.2) is 13.2 Å². The summed E-state index contributed by atoms with van der Waals surface area (Å²) in [6.07, 6.45) is 0. The van der Waals surface area contributed by atoms with Crippen molar-refractivity contribution < 1.29 is 33.5 Å². The van der Waals surface area contributed by atoms with Crippen molar-refractivity contribution in [3.63, 3.8) is 0 Å². The van der Waals surface area contributed by atoms with Crippen LogP contribution < -0.4 is 15.2 Å². The third-order valence-corrected chi connectivity index (χ3v) is 3.21. The van der Waals surface area contributed by atoms with Gasteiger partial charge in [-0.15, -0.1) is 0 Å². The number of rotatable bonds is 9. The lowest BCUT2D eigenvalue weighted by Gasteiger charge is -2.05. The van der Waals surface area contributed by atoms with Crippen LogP contribution in [0.25, 0.3) is 0 Å². The molecule has 10 nitrogen and oxygen atoms in total. The first-order valence-electron chi connectivity index (χ1n) is 9.02. The average molecular weight is 420 g/mol. The fourth-order valence-corrected chi connectivity index (χ4v) is 1.98. The van der Waals surface area contributed by atoms with E-state index in [0.717, 1.165) is 0 Å². The van der Waals surface area contributed by atoms with Gasteiger partial charge in [0.1, 0.15) is 11.5 Å². The predicted octanol–water partition coefficient (Wildman–Crippen LogP) is 2.75. The first kappa shape index (κ1) is 24.2. The average Bonchev–Trinajstić information content (AvgIpc) is 2.72. The van der Waals surface area contributed by atoms with Gasteiger partial charge in [0.25, 0.3) is 5.69 Å². The third-order valence-electron chi connectivity index (χ3n) is 3.21. The molecular weight excluding hydrogens is 396 g/mol. The molecule has 2 N–H and O–H groups in total. The number of nitrogen functional groups attached to an aromatic ring is 1. The highest BCUT2D eigenvalue weighted by Crippen LogP contribution is 2.19. The lowest BCUT2D eigenvalue weighted by Crippen LogP contribution is -2.14. The number of nitrogens with zero attached hydrogens (tertiary/aromatic N) is 1. The van der Waals surface area contributed by atoms with Gasteiger partial charge in [-0.3, -0.25) is 10.1 Å². The molecule has 0 bridgehead atoms. The van der Waals surface area contributed by atoms with Gasteiger partial charge in [0, 0.05) is 17.8 Å². The molecule has 2 rings (SSSR count). The highest BCUT2D eigenvalue weighted by atomic mass is 16.6. The zero-order valence-corrected chi connectivity index (χ0v) is 16.7. The molecule has 0 aliphatic heterocycles. The maximum atomic E-state index is 11.0. The molecule has 0 heterocycles. The van der Waals surface area contributed by atoms with E-state index in [1.165, 1.54) is 24.3 Å². The molecule has 0 atom stereocenters. The Labute approximate surface area is 173 Å². The minimum absolute atomic E-state index is 0.0821. The van der Waals surface area contributed by atoms with Crippen LogP contribution in [0, 0.1) is 10.1 Å². The Morgan fingerprint density at radius 2 is 1.40 bits per heavy atom. The molecule has 0 saturated carbocycles. The quantitative estimate of drug-likeness (QED) is 0.280. The van der Waals surface area contributed by atoms with E-state index in [0.29, 0.717) is 18.0 Å². The number of anilines is 1.